The summed E-state index contributed by atoms with van der Waals surface area (Å²) in [5, 5.41) is 16.5. The number of benzene rings is 3. The van der Waals surface area contributed by atoms with E-state index < -0.39 is 0 Å². The first-order valence-electron chi connectivity index (χ1n) is 8.89. The van der Waals surface area contributed by atoms with E-state index in [1.165, 1.54) is 23.1 Å². The van der Waals surface area contributed by atoms with Crippen molar-refractivity contribution in [2.45, 2.75) is 4.34 Å². The van der Waals surface area contributed by atoms with Gasteiger partial charge in [0.1, 0.15) is 0 Å². The lowest BCUT2D eigenvalue weighted by atomic mass is 10.0. The highest BCUT2D eigenvalue weighted by Crippen LogP contribution is 2.27. The van der Waals surface area contributed by atoms with E-state index in [0.717, 1.165) is 10.8 Å². The van der Waals surface area contributed by atoms with E-state index in [1.807, 2.05) is 36.4 Å². The minimum Gasteiger partial charge on any atom is -0.325 e. The van der Waals surface area contributed by atoms with Gasteiger partial charge >= 0.3 is 0 Å². The summed E-state index contributed by atoms with van der Waals surface area (Å²) in [6, 6.07) is 20.2. The first-order valence-corrected chi connectivity index (χ1v) is 11.1. The first kappa shape index (κ1) is 20.3. The quantitative estimate of drug-likeness (QED) is 0.304. The molecule has 0 unspecified atom stereocenters. The Balaban J connectivity index is 1.35. The van der Waals surface area contributed by atoms with E-state index in [9.17, 15) is 9.59 Å². The predicted molar refractivity (Wildman–Crippen MR) is 123 cm³/mol. The normalized spacial score (nSPS) is 10.7. The van der Waals surface area contributed by atoms with Crippen LogP contribution in [0.4, 0.5) is 10.8 Å². The second-order valence-corrected chi connectivity index (χ2v) is 8.83. The maximum atomic E-state index is 12.7. The molecule has 1 heterocycles. The maximum absolute atomic E-state index is 12.7. The Morgan fingerprint density at radius 1 is 0.933 bits per heavy atom. The van der Waals surface area contributed by atoms with Crippen molar-refractivity contribution >= 4 is 68.1 Å². The van der Waals surface area contributed by atoms with Crippen molar-refractivity contribution < 1.29 is 9.59 Å². The summed E-state index contributed by atoms with van der Waals surface area (Å²) < 4.78 is 0.592. The van der Waals surface area contributed by atoms with Gasteiger partial charge in [-0.15, -0.1) is 10.2 Å². The number of hydrogen-bond donors (Lipinski definition) is 2. The fraction of sp³-hybridized carbons (Fsp3) is 0.0476. The Hall–Kier alpha value is -2.94. The van der Waals surface area contributed by atoms with Crippen molar-refractivity contribution in [2.75, 3.05) is 16.4 Å². The highest BCUT2D eigenvalue weighted by molar-refractivity contribution is 8.01. The summed E-state index contributed by atoms with van der Waals surface area (Å²) in [6.45, 7) is 0. The van der Waals surface area contributed by atoms with Gasteiger partial charge in [-0.2, -0.15) is 0 Å². The van der Waals surface area contributed by atoms with Gasteiger partial charge < -0.3 is 5.32 Å². The molecule has 9 heteroatoms. The van der Waals surface area contributed by atoms with Crippen LogP contribution in [0, 0.1) is 0 Å². The van der Waals surface area contributed by atoms with Crippen molar-refractivity contribution in [1.82, 2.24) is 10.2 Å². The van der Waals surface area contributed by atoms with Crippen LogP contribution in [0.25, 0.3) is 10.8 Å². The van der Waals surface area contributed by atoms with Crippen molar-refractivity contribution in [3.63, 3.8) is 0 Å². The number of anilines is 2. The Morgan fingerprint density at radius 2 is 1.70 bits per heavy atom. The zero-order chi connectivity index (χ0) is 20.9. The summed E-state index contributed by atoms with van der Waals surface area (Å²) in [6.07, 6.45) is 0. The van der Waals surface area contributed by atoms with Gasteiger partial charge in [-0.1, -0.05) is 71.1 Å². The Bertz CT molecular complexity index is 1210. The van der Waals surface area contributed by atoms with Crippen LogP contribution < -0.4 is 10.6 Å². The van der Waals surface area contributed by atoms with Crippen LogP contribution >= 0.6 is 34.7 Å². The molecule has 0 spiro atoms. The first-order chi connectivity index (χ1) is 14.6. The van der Waals surface area contributed by atoms with Gasteiger partial charge in [0.05, 0.1) is 5.75 Å². The molecule has 0 radical (unpaired) electrons. The summed E-state index contributed by atoms with van der Waals surface area (Å²) in [5.74, 6) is -0.243. The maximum Gasteiger partial charge on any atom is 0.258 e. The number of hydrogen-bond acceptors (Lipinski definition) is 6. The number of fused-ring (bicyclic) bond motifs is 1. The zero-order valence-electron chi connectivity index (χ0n) is 15.5. The molecule has 1 aromatic heterocycles. The van der Waals surface area contributed by atoms with E-state index in [-0.39, 0.29) is 17.6 Å². The number of nitrogens with zero attached hydrogens (tertiary/aromatic N) is 2. The van der Waals surface area contributed by atoms with E-state index in [0.29, 0.717) is 25.7 Å². The highest BCUT2D eigenvalue weighted by Gasteiger charge is 2.14. The third kappa shape index (κ3) is 4.96. The van der Waals surface area contributed by atoms with Crippen LogP contribution in [0.3, 0.4) is 0 Å². The fourth-order valence-corrected chi connectivity index (χ4v) is 4.44. The second kappa shape index (κ2) is 9.25. The van der Waals surface area contributed by atoms with Gasteiger partial charge in [0.25, 0.3) is 5.91 Å². The van der Waals surface area contributed by atoms with E-state index in [2.05, 4.69) is 20.8 Å². The summed E-state index contributed by atoms with van der Waals surface area (Å²) >= 11 is 8.31. The molecule has 0 aliphatic rings. The molecular formula is C21H15ClN4O2S2. The molecule has 0 saturated carbocycles. The second-order valence-electron chi connectivity index (χ2n) is 6.20. The molecule has 0 fully saturated rings. The van der Waals surface area contributed by atoms with Gasteiger partial charge in [0, 0.05) is 16.3 Å². The van der Waals surface area contributed by atoms with E-state index >= 15 is 0 Å². The lowest BCUT2D eigenvalue weighted by molar-refractivity contribution is -0.113. The molecule has 2 amide bonds. The van der Waals surface area contributed by atoms with Crippen molar-refractivity contribution in [3.05, 3.63) is 77.3 Å². The van der Waals surface area contributed by atoms with Crippen LogP contribution in [0.1, 0.15) is 10.4 Å². The number of aromatic nitrogens is 2. The van der Waals surface area contributed by atoms with Crippen molar-refractivity contribution in [2.24, 2.45) is 0 Å². The monoisotopic (exact) mass is 454 g/mol. The average molecular weight is 455 g/mol. The third-order valence-electron chi connectivity index (χ3n) is 4.12. The lowest BCUT2D eigenvalue weighted by Crippen LogP contribution is -2.13. The summed E-state index contributed by atoms with van der Waals surface area (Å²) in [5.41, 5.74) is 1.24. The van der Waals surface area contributed by atoms with Gasteiger partial charge in [-0.3, -0.25) is 14.9 Å². The van der Waals surface area contributed by atoms with Crippen molar-refractivity contribution in [1.29, 1.82) is 0 Å². The number of carbonyl (C=O) groups is 2. The number of halogens is 1. The Labute approximate surface area is 185 Å². The SMILES string of the molecule is O=C(CSc1nnc(NC(=O)c2cccc3ccccc23)s1)Nc1ccc(Cl)cc1. The van der Waals surface area contributed by atoms with Crippen molar-refractivity contribution in [3.8, 4) is 0 Å². The highest BCUT2D eigenvalue weighted by atomic mass is 35.5. The minimum atomic E-state index is -0.250. The molecule has 2 N–H and O–H groups in total. The van der Waals surface area contributed by atoms with Gasteiger partial charge in [0.15, 0.2) is 4.34 Å². The zero-order valence-corrected chi connectivity index (χ0v) is 17.9. The largest absolute Gasteiger partial charge is 0.325 e. The molecule has 150 valence electrons. The molecule has 6 nitrogen and oxygen atoms in total. The van der Waals surface area contributed by atoms with Crippen LogP contribution in [-0.4, -0.2) is 27.8 Å². The molecule has 0 aliphatic carbocycles. The number of carbonyl (C=O) groups excluding carboxylic acids is 2. The smallest absolute Gasteiger partial charge is 0.258 e. The summed E-state index contributed by atoms with van der Waals surface area (Å²) in [4.78, 5) is 24.8. The Morgan fingerprint density at radius 3 is 2.53 bits per heavy atom. The molecule has 4 rings (SSSR count). The van der Waals surface area contributed by atoms with Gasteiger partial charge in [-0.25, -0.2) is 0 Å². The average Bonchev–Trinajstić information content (AvgIpc) is 3.21. The molecule has 0 atom stereocenters. The topological polar surface area (TPSA) is 84.0 Å². The molecule has 0 saturated heterocycles. The lowest BCUT2D eigenvalue weighted by Gasteiger charge is -2.05. The van der Waals surface area contributed by atoms with Crippen LogP contribution in [0.5, 0.6) is 0 Å². The van der Waals surface area contributed by atoms with E-state index in [1.54, 1.807) is 30.3 Å². The minimum absolute atomic E-state index is 0.168. The number of thioether (sulfide) groups is 1. The molecule has 0 aliphatic heterocycles. The van der Waals surface area contributed by atoms with E-state index in [4.69, 9.17) is 11.6 Å². The van der Waals surface area contributed by atoms with Crippen LogP contribution in [0.15, 0.2) is 71.1 Å². The van der Waals surface area contributed by atoms with Crippen LogP contribution in [-0.2, 0) is 4.79 Å². The molecule has 3 aromatic carbocycles. The molecule has 0 bridgehead atoms. The molecular weight excluding hydrogens is 440 g/mol. The number of amides is 2. The standard InChI is InChI=1S/C21H15ClN4O2S2/c22-14-8-10-15(11-9-14)23-18(27)12-29-21-26-25-20(30-21)24-19(28)17-7-3-5-13-4-1-2-6-16(13)17/h1-11H,12H2,(H,23,27)(H,24,25,28). The fourth-order valence-electron chi connectivity index (χ4n) is 2.76. The van der Waals surface area contributed by atoms with Crippen LogP contribution in [0.2, 0.25) is 5.02 Å². The Kier molecular flexibility index (Phi) is 6.27. The van der Waals surface area contributed by atoms with Gasteiger partial charge in [0.2, 0.25) is 11.0 Å². The summed E-state index contributed by atoms with van der Waals surface area (Å²) in [7, 11) is 0. The molecule has 30 heavy (non-hydrogen) atoms. The third-order valence-corrected chi connectivity index (χ3v) is 6.34. The van der Waals surface area contributed by atoms with Gasteiger partial charge in [-0.05, 0) is 41.1 Å². The molecule has 4 aromatic rings. The number of rotatable bonds is 6. The number of nitrogens with one attached hydrogen (secondary N) is 2. The predicted octanol–water partition coefficient (Wildman–Crippen LogP) is 5.33.